The molecule has 1 heterocycles. The van der Waals surface area contributed by atoms with Gasteiger partial charge < -0.3 is 15.1 Å². The maximum atomic E-state index is 13.4. The number of piperazine rings is 1. The predicted molar refractivity (Wildman–Crippen MR) is 76.6 cm³/mol. The first-order chi connectivity index (χ1) is 9.66. The van der Waals surface area contributed by atoms with Crippen LogP contribution >= 0.6 is 0 Å². The van der Waals surface area contributed by atoms with Crippen molar-refractivity contribution in [2.75, 3.05) is 46.3 Å². The number of benzene rings is 1. The third-order valence-electron chi connectivity index (χ3n) is 3.77. The number of halogens is 2. The zero-order valence-electron chi connectivity index (χ0n) is 12.0. The average Bonchev–Trinajstić information content (AvgIpc) is 2.45. The summed E-state index contributed by atoms with van der Waals surface area (Å²) in [4.78, 5) is 4.78. The summed E-state index contributed by atoms with van der Waals surface area (Å²) in [5.74, 6) is -1.51. The van der Waals surface area contributed by atoms with Crippen molar-refractivity contribution >= 4 is 0 Å². The van der Waals surface area contributed by atoms with Gasteiger partial charge in [0.05, 0.1) is 0 Å². The van der Waals surface area contributed by atoms with E-state index in [1.165, 1.54) is 0 Å². The quantitative estimate of drug-likeness (QED) is 0.802. The van der Waals surface area contributed by atoms with Crippen molar-refractivity contribution < 1.29 is 8.78 Å². The second-order valence-corrected chi connectivity index (χ2v) is 5.39. The number of likely N-dealkylation sites (N-methyl/N-ethyl adjacent to an activating group) is 1. The maximum Gasteiger partial charge on any atom is 0.163 e. The molecule has 2 rings (SSSR count). The van der Waals surface area contributed by atoms with E-state index in [0.29, 0.717) is 12.1 Å². The molecule has 112 valence electrons. The summed E-state index contributed by atoms with van der Waals surface area (Å²) in [6.07, 6.45) is 1.03. The van der Waals surface area contributed by atoms with Crippen LogP contribution in [-0.2, 0) is 6.54 Å². The van der Waals surface area contributed by atoms with Crippen LogP contribution in [0.25, 0.3) is 0 Å². The lowest BCUT2D eigenvalue weighted by Crippen LogP contribution is -2.45. The Hall–Kier alpha value is -1.04. The summed E-state index contributed by atoms with van der Waals surface area (Å²) < 4.78 is 26.4. The van der Waals surface area contributed by atoms with E-state index in [-0.39, 0.29) is 0 Å². The van der Waals surface area contributed by atoms with Gasteiger partial charge in [-0.05, 0) is 32.6 Å². The predicted octanol–water partition coefficient (Wildman–Crippen LogP) is 1.69. The van der Waals surface area contributed by atoms with E-state index in [9.17, 15) is 8.78 Å². The highest BCUT2D eigenvalue weighted by atomic mass is 19.2. The first-order valence-electron chi connectivity index (χ1n) is 7.21. The van der Waals surface area contributed by atoms with Crippen molar-refractivity contribution in [3.05, 3.63) is 35.4 Å². The molecule has 0 spiro atoms. The Morgan fingerprint density at radius 3 is 2.65 bits per heavy atom. The molecule has 1 aromatic carbocycles. The lowest BCUT2D eigenvalue weighted by Gasteiger charge is -2.32. The van der Waals surface area contributed by atoms with Crippen molar-refractivity contribution in [2.45, 2.75) is 13.0 Å². The summed E-state index contributed by atoms with van der Waals surface area (Å²) >= 11 is 0. The molecule has 1 aliphatic rings. The molecule has 1 aliphatic heterocycles. The molecule has 1 aromatic rings. The van der Waals surface area contributed by atoms with E-state index in [2.05, 4.69) is 22.2 Å². The topological polar surface area (TPSA) is 18.5 Å². The van der Waals surface area contributed by atoms with Crippen molar-refractivity contribution in [1.82, 2.24) is 15.1 Å². The molecule has 1 fully saturated rings. The van der Waals surface area contributed by atoms with Crippen LogP contribution in [0.5, 0.6) is 0 Å². The molecule has 0 radical (unpaired) electrons. The highest BCUT2D eigenvalue weighted by Gasteiger charge is 2.12. The van der Waals surface area contributed by atoms with E-state index in [0.717, 1.165) is 51.8 Å². The van der Waals surface area contributed by atoms with Crippen LogP contribution in [0.1, 0.15) is 12.0 Å². The van der Waals surface area contributed by atoms with Gasteiger partial charge in [0.1, 0.15) is 0 Å². The molecular weight excluding hydrogens is 260 g/mol. The Morgan fingerprint density at radius 1 is 1.15 bits per heavy atom. The van der Waals surface area contributed by atoms with E-state index < -0.39 is 11.6 Å². The molecule has 0 saturated carbocycles. The molecule has 1 N–H and O–H groups in total. The summed E-state index contributed by atoms with van der Waals surface area (Å²) in [7, 11) is 2.15. The monoisotopic (exact) mass is 283 g/mol. The second kappa shape index (κ2) is 7.67. The molecular formula is C15H23F2N3. The van der Waals surface area contributed by atoms with Gasteiger partial charge in [-0.2, -0.15) is 0 Å². The van der Waals surface area contributed by atoms with Gasteiger partial charge in [-0.3, -0.25) is 0 Å². The van der Waals surface area contributed by atoms with Gasteiger partial charge in [0.15, 0.2) is 11.6 Å². The minimum atomic E-state index is -0.776. The van der Waals surface area contributed by atoms with Crippen LogP contribution in [0.3, 0.4) is 0 Å². The van der Waals surface area contributed by atoms with Gasteiger partial charge in [0.2, 0.25) is 0 Å². The van der Waals surface area contributed by atoms with Crippen molar-refractivity contribution in [3.63, 3.8) is 0 Å². The fraction of sp³-hybridized carbons (Fsp3) is 0.600. The third kappa shape index (κ3) is 4.51. The first kappa shape index (κ1) is 15.4. The van der Waals surface area contributed by atoms with Gasteiger partial charge in [-0.25, -0.2) is 8.78 Å². The molecule has 3 nitrogen and oxygen atoms in total. The summed E-state index contributed by atoms with van der Waals surface area (Å²) in [6.45, 7) is 6.76. The van der Waals surface area contributed by atoms with Crippen LogP contribution in [-0.4, -0.2) is 56.1 Å². The molecule has 5 heteroatoms. The Balaban J connectivity index is 1.61. The van der Waals surface area contributed by atoms with Crippen molar-refractivity contribution in [1.29, 1.82) is 0 Å². The Labute approximate surface area is 119 Å². The van der Waals surface area contributed by atoms with E-state index in [4.69, 9.17) is 0 Å². The third-order valence-corrected chi connectivity index (χ3v) is 3.77. The van der Waals surface area contributed by atoms with Gasteiger partial charge >= 0.3 is 0 Å². The Kier molecular flexibility index (Phi) is 5.88. The molecule has 20 heavy (non-hydrogen) atoms. The van der Waals surface area contributed by atoms with Gasteiger partial charge in [0, 0.05) is 38.3 Å². The Morgan fingerprint density at radius 2 is 1.90 bits per heavy atom. The fourth-order valence-corrected chi connectivity index (χ4v) is 2.41. The SMILES string of the molecule is CN1CCN(CCCNCc2cccc(F)c2F)CC1. The van der Waals surface area contributed by atoms with Crippen LogP contribution in [0.4, 0.5) is 8.78 Å². The van der Waals surface area contributed by atoms with Crippen LogP contribution < -0.4 is 5.32 Å². The molecule has 0 amide bonds. The molecule has 0 aromatic heterocycles. The summed E-state index contributed by atoms with van der Waals surface area (Å²) in [6, 6.07) is 4.30. The smallest absolute Gasteiger partial charge is 0.163 e. The summed E-state index contributed by atoms with van der Waals surface area (Å²) in [5, 5.41) is 3.17. The Bertz CT molecular complexity index is 418. The minimum absolute atomic E-state index is 0.381. The van der Waals surface area contributed by atoms with Crippen molar-refractivity contribution in [2.24, 2.45) is 0 Å². The normalized spacial score (nSPS) is 17.6. The molecule has 0 unspecified atom stereocenters. The van der Waals surface area contributed by atoms with Gasteiger partial charge in [0.25, 0.3) is 0 Å². The molecule has 0 bridgehead atoms. The standard InChI is InChI=1S/C15H23F2N3/c1-19-8-10-20(11-9-19)7-3-6-18-12-13-4-2-5-14(16)15(13)17/h2,4-5,18H,3,6-12H2,1H3. The van der Waals surface area contributed by atoms with E-state index in [1.807, 2.05) is 0 Å². The zero-order chi connectivity index (χ0) is 14.4. The number of nitrogens with one attached hydrogen (secondary N) is 1. The zero-order valence-corrected chi connectivity index (χ0v) is 12.0. The summed E-state index contributed by atoms with van der Waals surface area (Å²) in [5.41, 5.74) is 0.393. The average molecular weight is 283 g/mol. The largest absolute Gasteiger partial charge is 0.313 e. The van der Waals surface area contributed by atoms with Crippen LogP contribution in [0, 0.1) is 11.6 Å². The van der Waals surface area contributed by atoms with E-state index >= 15 is 0 Å². The van der Waals surface area contributed by atoms with Gasteiger partial charge in [-0.1, -0.05) is 12.1 Å². The number of hydrogen-bond donors (Lipinski definition) is 1. The number of hydrogen-bond acceptors (Lipinski definition) is 3. The van der Waals surface area contributed by atoms with Crippen LogP contribution in [0.2, 0.25) is 0 Å². The molecule has 0 aliphatic carbocycles. The number of rotatable bonds is 6. The highest BCUT2D eigenvalue weighted by Crippen LogP contribution is 2.10. The molecule has 1 saturated heterocycles. The van der Waals surface area contributed by atoms with Gasteiger partial charge in [-0.15, -0.1) is 0 Å². The lowest BCUT2D eigenvalue weighted by atomic mass is 10.2. The highest BCUT2D eigenvalue weighted by molar-refractivity contribution is 5.18. The maximum absolute atomic E-state index is 13.4. The van der Waals surface area contributed by atoms with Crippen LogP contribution in [0.15, 0.2) is 18.2 Å². The number of nitrogens with zero attached hydrogens (tertiary/aromatic N) is 2. The fourth-order valence-electron chi connectivity index (χ4n) is 2.41. The first-order valence-corrected chi connectivity index (χ1v) is 7.21. The lowest BCUT2D eigenvalue weighted by molar-refractivity contribution is 0.152. The minimum Gasteiger partial charge on any atom is -0.313 e. The van der Waals surface area contributed by atoms with E-state index in [1.54, 1.807) is 12.1 Å². The molecule has 0 atom stereocenters. The van der Waals surface area contributed by atoms with Crippen molar-refractivity contribution in [3.8, 4) is 0 Å². The second-order valence-electron chi connectivity index (χ2n) is 5.39.